The molecule has 2 rings (SSSR count). The molecule has 0 aliphatic heterocycles. The monoisotopic (exact) mass is 276 g/mol. The van der Waals surface area contributed by atoms with Gasteiger partial charge in [0.2, 0.25) is 5.82 Å². The van der Waals surface area contributed by atoms with E-state index in [0.717, 1.165) is 5.56 Å². The van der Waals surface area contributed by atoms with Gasteiger partial charge in [0.15, 0.2) is 0 Å². The van der Waals surface area contributed by atoms with Crippen LogP contribution in [0.2, 0.25) is 0 Å². The van der Waals surface area contributed by atoms with Crippen LogP contribution in [0, 0.1) is 0 Å². The smallest absolute Gasteiger partial charge is 0.342 e. The number of aromatic nitrogens is 3. The van der Waals surface area contributed by atoms with E-state index in [0.29, 0.717) is 6.54 Å². The summed E-state index contributed by atoms with van der Waals surface area (Å²) in [5.41, 5.74) is -0.252. The van der Waals surface area contributed by atoms with Gasteiger partial charge in [-0.2, -0.15) is 0 Å². The Hall–Kier alpha value is -2.90. The SMILES string of the molecule is CN(Cc1ccc(C(=O)O)cc1)c1n[nH]c(=O)[nH]c1=O. The average Bonchev–Trinajstić information content (AvgIpc) is 2.39. The standard InChI is InChI=1S/C12H12N4O4/c1-16(9-10(17)13-12(20)15-14-9)6-7-2-4-8(5-3-7)11(18)19/h2-5H,6H2,1H3,(H,18,19)(H2,13,15,17,20). The van der Waals surface area contributed by atoms with Crippen molar-refractivity contribution in [2.75, 3.05) is 11.9 Å². The molecular weight excluding hydrogens is 264 g/mol. The summed E-state index contributed by atoms with van der Waals surface area (Å²) >= 11 is 0. The number of anilines is 1. The van der Waals surface area contributed by atoms with E-state index >= 15 is 0 Å². The first kappa shape index (κ1) is 13.5. The van der Waals surface area contributed by atoms with E-state index in [1.165, 1.54) is 12.1 Å². The number of aromatic amines is 2. The lowest BCUT2D eigenvalue weighted by Crippen LogP contribution is -2.31. The maximum absolute atomic E-state index is 11.6. The third kappa shape index (κ3) is 2.91. The quantitative estimate of drug-likeness (QED) is 0.711. The van der Waals surface area contributed by atoms with Gasteiger partial charge < -0.3 is 10.0 Å². The highest BCUT2D eigenvalue weighted by Crippen LogP contribution is 2.09. The van der Waals surface area contributed by atoms with Gasteiger partial charge in [-0.3, -0.25) is 9.78 Å². The molecular formula is C12H12N4O4. The van der Waals surface area contributed by atoms with Gasteiger partial charge in [-0.25, -0.2) is 14.7 Å². The number of carboxylic acid groups (broad SMARTS) is 1. The molecule has 0 bridgehead atoms. The normalized spacial score (nSPS) is 10.2. The second kappa shape index (κ2) is 5.39. The second-order valence-corrected chi connectivity index (χ2v) is 4.19. The van der Waals surface area contributed by atoms with Crippen LogP contribution in [-0.4, -0.2) is 33.3 Å². The molecule has 3 N–H and O–H groups in total. The van der Waals surface area contributed by atoms with Crippen molar-refractivity contribution in [2.24, 2.45) is 0 Å². The number of H-pyrrole nitrogens is 2. The fraction of sp³-hybridized carbons (Fsp3) is 0.167. The number of hydrogen-bond donors (Lipinski definition) is 3. The Kier molecular flexibility index (Phi) is 3.65. The first-order chi connectivity index (χ1) is 9.47. The van der Waals surface area contributed by atoms with Crippen LogP contribution in [0.4, 0.5) is 5.82 Å². The van der Waals surface area contributed by atoms with Gasteiger partial charge in [0, 0.05) is 13.6 Å². The topological polar surface area (TPSA) is 119 Å². The Morgan fingerprint density at radius 3 is 2.50 bits per heavy atom. The number of hydrogen-bond acceptors (Lipinski definition) is 5. The fourth-order valence-corrected chi connectivity index (χ4v) is 1.70. The summed E-state index contributed by atoms with van der Waals surface area (Å²) < 4.78 is 0. The van der Waals surface area contributed by atoms with Crippen LogP contribution in [-0.2, 0) is 6.54 Å². The largest absolute Gasteiger partial charge is 0.478 e. The molecule has 20 heavy (non-hydrogen) atoms. The Morgan fingerprint density at radius 1 is 1.30 bits per heavy atom. The first-order valence-electron chi connectivity index (χ1n) is 5.70. The fourth-order valence-electron chi connectivity index (χ4n) is 1.70. The number of rotatable bonds is 4. The first-order valence-corrected chi connectivity index (χ1v) is 5.70. The van der Waals surface area contributed by atoms with E-state index in [1.807, 2.05) is 0 Å². The lowest BCUT2D eigenvalue weighted by Gasteiger charge is -2.16. The molecule has 0 saturated carbocycles. The van der Waals surface area contributed by atoms with E-state index in [4.69, 9.17) is 5.11 Å². The van der Waals surface area contributed by atoms with Gasteiger partial charge in [-0.05, 0) is 17.7 Å². The van der Waals surface area contributed by atoms with E-state index in [-0.39, 0.29) is 11.4 Å². The molecule has 0 saturated heterocycles. The minimum absolute atomic E-state index is 0.0758. The van der Waals surface area contributed by atoms with Crippen LogP contribution in [0.1, 0.15) is 15.9 Å². The van der Waals surface area contributed by atoms with Crippen molar-refractivity contribution < 1.29 is 9.90 Å². The van der Waals surface area contributed by atoms with Crippen LogP contribution < -0.4 is 16.1 Å². The Bertz CT molecular complexity index is 732. The van der Waals surface area contributed by atoms with Gasteiger partial charge in [-0.1, -0.05) is 12.1 Å². The molecule has 0 fully saturated rings. The maximum Gasteiger partial charge on any atom is 0.342 e. The molecule has 2 aromatic rings. The molecule has 0 spiro atoms. The van der Waals surface area contributed by atoms with E-state index < -0.39 is 17.2 Å². The summed E-state index contributed by atoms with van der Waals surface area (Å²) in [6, 6.07) is 6.27. The maximum atomic E-state index is 11.6. The molecule has 0 amide bonds. The minimum atomic E-state index is -0.997. The molecule has 1 aromatic carbocycles. The molecule has 0 radical (unpaired) electrons. The van der Waals surface area contributed by atoms with Gasteiger partial charge in [0.05, 0.1) is 5.56 Å². The van der Waals surface area contributed by atoms with Crippen LogP contribution in [0.3, 0.4) is 0 Å². The highest BCUT2D eigenvalue weighted by Gasteiger charge is 2.09. The summed E-state index contributed by atoms with van der Waals surface area (Å²) in [6.45, 7) is 0.349. The number of nitrogens with zero attached hydrogens (tertiary/aromatic N) is 2. The highest BCUT2D eigenvalue weighted by molar-refractivity contribution is 5.87. The van der Waals surface area contributed by atoms with E-state index in [9.17, 15) is 14.4 Å². The Balaban J connectivity index is 2.18. The van der Waals surface area contributed by atoms with Gasteiger partial charge in [-0.15, -0.1) is 5.10 Å². The number of aromatic carboxylic acids is 1. The van der Waals surface area contributed by atoms with Gasteiger partial charge in [0.25, 0.3) is 5.56 Å². The zero-order valence-electron chi connectivity index (χ0n) is 10.6. The molecule has 0 aliphatic rings. The van der Waals surface area contributed by atoms with Gasteiger partial charge >= 0.3 is 11.7 Å². The molecule has 0 unspecified atom stereocenters. The number of carbonyl (C=O) groups is 1. The van der Waals surface area contributed by atoms with Crippen molar-refractivity contribution >= 4 is 11.8 Å². The third-order valence-corrected chi connectivity index (χ3v) is 2.68. The Labute approximate surface area is 112 Å². The van der Waals surface area contributed by atoms with Crippen LogP contribution in [0.15, 0.2) is 33.9 Å². The van der Waals surface area contributed by atoms with Gasteiger partial charge in [0.1, 0.15) is 0 Å². The van der Waals surface area contributed by atoms with Crippen molar-refractivity contribution in [3.63, 3.8) is 0 Å². The third-order valence-electron chi connectivity index (χ3n) is 2.68. The van der Waals surface area contributed by atoms with E-state index in [1.54, 1.807) is 24.1 Å². The zero-order valence-corrected chi connectivity index (χ0v) is 10.6. The van der Waals surface area contributed by atoms with Crippen LogP contribution >= 0.6 is 0 Å². The highest BCUT2D eigenvalue weighted by atomic mass is 16.4. The molecule has 0 aliphatic carbocycles. The molecule has 0 atom stereocenters. The number of carboxylic acids is 1. The molecule has 8 heteroatoms. The summed E-state index contributed by atoms with van der Waals surface area (Å²) in [7, 11) is 1.64. The summed E-state index contributed by atoms with van der Waals surface area (Å²) in [5.74, 6) is -0.921. The van der Waals surface area contributed by atoms with Crippen molar-refractivity contribution in [3.8, 4) is 0 Å². The number of nitrogens with one attached hydrogen (secondary N) is 2. The lowest BCUT2D eigenvalue weighted by molar-refractivity contribution is 0.0697. The van der Waals surface area contributed by atoms with Crippen molar-refractivity contribution in [1.29, 1.82) is 0 Å². The molecule has 8 nitrogen and oxygen atoms in total. The predicted molar refractivity (Wildman–Crippen MR) is 71.0 cm³/mol. The minimum Gasteiger partial charge on any atom is -0.478 e. The second-order valence-electron chi connectivity index (χ2n) is 4.19. The Morgan fingerprint density at radius 2 is 1.95 bits per heavy atom. The zero-order chi connectivity index (χ0) is 14.7. The van der Waals surface area contributed by atoms with Crippen molar-refractivity contribution in [2.45, 2.75) is 6.54 Å². The van der Waals surface area contributed by atoms with Crippen molar-refractivity contribution in [3.05, 3.63) is 56.2 Å². The summed E-state index contributed by atoms with van der Waals surface area (Å²) in [4.78, 5) is 36.8. The average molecular weight is 276 g/mol. The lowest BCUT2D eigenvalue weighted by atomic mass is 10.1. The molecule has 1 heterocycles. The van der Waals surface area contributed by atoms with E-state index in [2.05, 4.69) is 15.2 Å². The molecule has 1 aromatic heterocycles. The van der Waals surface area contributed by atoms with Crippen LogP contribution in [0.25, 0.3) is 0 Å². The van der Waals surface area contributed by atoms with Crippen LogP contribution in [0.5, 0.6) is 0 Å². The summed E-state index contributed by atoms with van der Waals surface area (Å²) in [5, 5.41) is 14.6. The van der Waals surface area contributed by atoms with Crippen molar-refractivity contribution in [1.82, 2.24) is 15.2 Å². The predicted octanol–water partition coefficient (Wildman–Crippen LogP) is -0.207. The molecule has 104 valence electrons. The summed E-state index contributed by atoms with van der Waals surface area (Å²) in [6.07, 6.45) is 0. The number of benzene rings is 1.